The second-order valence-corrected chi connectivity index (χ2v) is 29.6. The van der Waals surface area contributed by atoms with Gasteiger partial charge in [-0.15, -0.1) is 0 Å². The number of aliphatic carboxylic acids is 1. The van der Waals surface area contributed by atoms with Crippen molar-refractivity contribution in [3.05, 3.63) is 12.2 Å². The van der Waals surface area contributed by atoms with Crippen LogP contribution in [0.25, 0.3) is 0 Å². The van der Waals surface area contributed by atoms with E-state index in [0.29, 0.717) is 19.3 Å². The monoisotopic (exact) mass is 1450 g/mol. The van der Waals surface area contributed by atoms with Gasteiger partial charge in [0.15, 0.2) is 12.6 Å². The SMILES string of the molecule is CCCCCCCCCCCCCC/C=C\CCCCCCCCCCCCCCC(=O)NC(COC1OC(CO)C(OC2OC(CO)C(O)C(OC3(C(=O)O)CC(O)C(NC(C)=O)C(C(O)C(O)CO)O3)C2O)C(O)C1O)C(O)CCCCCCCCCCCCCCCCCCCCC. The van der Waals surface area contributed by atoms with Crippen molar-refractivity contribution in [2.75, 3.05) is 26.4 Å². The zero-order valence-corrected chi connectivity index (χ0v) is 62.8. The fourth-order valence-corrected chi connectivity index (χ4v) is 14.3. The lowest BCUT2D eigenvalue weighted by Gasteiger charge is -2.50. The number of amides is 2. The summed E-state index contributed by atoms with van der Waals surface area (Å²) in [6.07, 6.45) is 32.1. The fourth-order valence-electron chi connectivity index (χ4n) is 14.3. The highest BCUT2D eigenvalue weighted by Gasteiger charge is 2.60. The Bertz CT molecular complexity index is 2070. The quantitative estimate of drug-likeness (QED) is 0.0199. The lowest BCUT2D eigenvalue weighted by Crippen LogP contribution is -2.70. The van der Waals surface area contributed by atoms with Gasteiger partial charge in [-0.05, 0) is 38.5 Å². The van der Waals surface area contributed by atoms with Gasteiger partial charge in [0.25, 0.3) is 5.79 Å². The number of ether oxygens (including phenoxy) is 6. The molecule has 0 bridgehead atoms. The first-order valence-electron chi connectivity index (χ1n) is 40.5. The van der Waals surface area contributed by atoms with E-state index in [9.17, 15) is 75.7 Å². The molecular formula is C78H146N2O21. The Balaban J connectivity index is 1.50. The van der Waals surface area contributed by atoms with Crippen LogP contribution in [-0.4, -0.2) is 215 Å². The summed E-state index contributed by atoms with van der Waals surface area (Å²) in [6, 6.07) is -2.53. The molecule has 2 amide bonds. The molecule has 3 rings (SSSR count). The highest BCUT2D eigenvalue weighted by molar-refractivity contribution is 5.77. The minimum absolute atomic E-state index is 0.226. The van der Waals surface area contributed by atoms with Gasteiger partial charge in [0.1, 0.15) is 67.1 Å². The largest absolute Gasteiger partial charge is 0.477 e. The third-order valence-corrected chi connectivity index (χ3v) is 20.7. The first-order valence-corrected chi connectivity index (χ1v) is 40.5. The van der Waals surface area contributed by atoms with E-state index in [-0.39, 0.29) is 18.9 Å². The van der Waals surface area contributed by atoms with Gasteiger partial charge < -0.3 is 100 Å². The summed E-state index contributed by atoms with van der Waals surface area (Å²) in [5.74, 6) is -6.09. The molecule has 594 valence electrons. The van der Waals surface area contributed by atoms with Crippen molar-refractivity contribution >= 4 is 17.8 Å². The summed E-state index contributed by atoms with van der Waals surface area (Å²) in [4.78, 5) is 38.7. The van der Waals surface area contributed by atoms with Crippen LogP contribution in [0.15, 0.2) is 12.2 Å². The zero-order valence-electron chi connectivity index (χ0n) is 62.8. The van der Waals surface area contributed by atoms with E-state index in [1.54, 1.807) is 0 Å². The van der Waals surface area contributed by atoms with Crippen molar-refractivity contribution < 1.29 is 104 Å². The molecule has 0 aromatic rings. The number of hydrogen-bond donors (Lipinski definition) is 14. The number of aliphatic hydroxyl groups is 11. The number of carboxylic acids is 1. The molecule has 3 saturated heterocycles. The minimum atomic E-state index is -3.08. The Morgan fingerprint density at radius 2 is 0.921 bits per heavy atom. The maximum Gasteiger partial charge on any atom is 0.364 e. The molecule has 0 radical (unpaired) electrons. The van der Waals surface area contributed by atoms with Crippen LogP contribution in [0.1, 0.15) is 329 Å². The summed E-state index contributed by atoms with van der Waals surface area (Å²) in [5, 5.41) is 137. The topological polar surface area (TPSA) is 373 Å². The number of rotatable bonds is 64. The Kier molecular flexibility index (Phi) is 52.9. The molecule has 14 N–H and O–H groups in total. The van der Waals surface area contributed by atoms with Crippen LogP contribution in [0.5, 0.6) is 0 Å². The third-order valence-electron chi connectivity index (χ3n) is 20.7. The molecule has 18 atom stereocenters. The van der Waals surface area contributed by atoms with Crippen LogP contribution in [0.4, 0.5) is 0 Å². The van der Waals surface area contributed by atoms with Crippen LogP contribution in [-0.2, 0) is 42.8 Å². The maximum absolute atomic E-state index is 13.6. The molecular weight excluding hydrogens is 1300 g/mol. The summed E-state index contributed by atoms with van der Waals surface area (Å²) in [5.41, 5.74) is 0. The van der Waals surface area contributed by atoms with Gasteiger partial charge in [0, 0.05) is 19.8 Å². The van der Waals surface area contributed by atoms with Crippen LogP contribution >= 0.6 is 0 Å². The first kappa shape index (κ1) is 92.7. The summed E-state index contributed by atoms with van der Waals surface area (Å²) < 4.78 is 35.0. The Labute approximate surface area is 607 Å². The number of carbonyl (C=O) groups is 3. The van der Waals surface area contributed by atoms with Crippen LogP contribution < -0.4 is 10.6 Å². The van der Waals surface area contributed by atoms with Gasteiger partial charge >= 0.3 is 5.97 Å². The summed E-state index contributed by atoms with van der Waals surface area (Å²) >= 11 is 0. The zero-order chi connectivity index (χ0) is 73.9. The summed E-state index contributed by atoms with van der Waals surface area (Å²) in [7, 11) is 0. The van der Waals surface area contributed by atoms with E-state index >= 15 is 0 Å². The van der Waals surface area contributed by atoms with Crippen molar-refractivity contribution in [2.45, 2.75) is 439 Å². The van der Waals surface area contributed by atoms with Gasteiger partial charge in [0.2, 0.25) is 11.8 Å². The summed E-state index contributed by atoms with van der Waals surface area (Å²) in [6.45, 7) is 2.26. The Hall–Kier alpha value is -2.53. The highest BCUT2D eigenvalue weighted by atomic mass is 16.8. The molecule has 0 spiro atoms. The van der Waals surface area contributed by atoms with Gasteiger partial charge in [-0.25, -0.2) is 4.79 Å². The smallest absolute Gasteiger partial charge is 0.364 e. The molecule has 3 heterocycles. The lowest BCUT2D eigenvalue weighted by molar-refractivity contribution is -0.386. The standard InChI is InChI=1S/C78H146N2O21/c1-4-6-8-10-12-14-16-18-20-22-24-25-26-27-28-29-30-31-32-34-36-38-40-42-44-46-48-50-52-65(88)80-59(60(85)51-49-47-45-43-41-39-37-35-33-23-21-19-17-15-13-11-9-7-5-2)57-96-75-70(92)69(91)72(64(56-83)98-75)99-76-71(93)74(68(90)63(55-82)97-76)101-78(77(94)95)53-61(86)66(79-58(3)84)73(100-78)67(89)62(87)54-81/h27-28,59-64,66-76,81-83,85-87,89-93H,4-26,29-57H2,1-3H3,(H,79,84)(H,80,88)(H,94,95)/b28-27-. The van der Waals surface area contributed by atoms with Crippen LogP contribution in [0.2, 0.25) is 0 Å². The Morgan fingerprint density at radius 3 is 1.34 bits per heavy atom. The number of unbranched alkanes of at least 4 members (excludes halogenated alkanes) is 42. The number of carbonyl (C=O) groups excluding carboxylic acids is 2. The van der Waals surface area contributed by atoms with Gasteiger partial charge in [-0.1, -0.05) is 283 Å². The molecule has 3 fully saturated rings. The molecule has 101 heavy (non-hydrogen) atoms. The van der Waals surface area contributed by atoms with E-state index in [1.807, 2.05) is 0 Å². The molecule has 3 aliphatic heterocycles. The van der Waals surface area contributed by atoms with E-state index in [1.165, 1.54) is 225 Å². The molecule has 0 aliphatic carbocycles. The normalized spacial score (nSPS) is 26.8. The van der Waals surface area contributed by atoms with Crippen LogP contribution in [0, 0.1) is 0 Å². The first-order chi connectivity index (χ1) is 48.9. The van der Waals surface area contributed by atoms with Crippen molar-refractivity contribution in [1.82, 2.24) is 10.6 Å². The number of allylic oxidation sites excluding steroid dienone is 2. The van der Waals surface area contributed by atoms with Crippen molar-refractivity contribution in [3.63, 3.8) is 0 Å². The molecule has 23 nitrogen and oxygen atoms in total. The predicted molar refractivity (Wildman–Crippen MR) is 389 cm³/mol. The highest BCUT2D eigenvalue weighted by Crippen LogP contribution is 2.39. The van der Waals surface area contributed by atoms with E-state index in [0.717, 1.165) is 58.3 Å². The lowest BCUT2D eigenvalue weighted by atomic mass is 9.88. The van der Waals surface area contributed by atoms with Gasteiger partial charge in [-0.3, -0.25) is 9.59 Å². The Morgan fingerprint density at radius 1 is 0.505 bits per heavy atom. The van der Waals surface area contributed by atoms with Crippen molar-refractivity contribution in [2.24, 2.45) is 0 Å². The fraction of sp³-hybridized carbons (Fsp3) is 0.936. The molecule has 0 saturated carbocycles. The molecule has 0 aromatic heterocycles. The van der Waals surface area contributed by atoms with E-state index < -0.39 is 148 Å². The number of carboxylic acid groups (broad SMARTS) is 1. The molecule has 3 aliphatic rings. The van der Waals surface area contributed by atoms with Crippen molar-refractivity contribution in [1.29, 1.82) is 0 Å². The average molecular weight is 1450 g/mol. The van der Waals surface area contributed by atoms with E-state index in [4.69, 9.17) is 28.4 Å². The molecule has 23 heteroatoms. The number of nitrogens with one attached hydrogen (secondary N) is 2. The second-order valence-electron chi connectivity index (χ2n) is 29.6. The molecule has 18 unspecified atom stereocenters. The average Bonchev–Trinajstić information content (AvgIpc) is 0.756. The maximum atomic E-state index is 13.6. The van der Waals surface area contributed by atoms with Gasteiger partial charge in [-0.2, -0.15) is 0 Å². The predicted octanol–water partition coefficient (Wildman–Crippen LogP) is 10.6. The minimum Gasteiger partial charge on any atom is -0.477 e. The van der Waals surface area contributed by atoms with Crippen molar-refractivity contribution in [3.8, 4) is 0 Å². The van der Waals surface area contributed by atoms with Crippen LogP contribution in [0.3, 0.4) is 0 Å². The third kappa shape index (κ3) is 38.2. The van der Waals surface area contributed by atoms with E-state index in [2.05, 4.69) is 36.6 Å². The van der Waals surface area contributed by atoms with Gasteiger partial charge in [0.05, 0.1) is 50.7 Å². The number of hydrogen-bond acceptors (Lipinski definition) is 20. The number of aliphatic hydroxyl groups excluding tert-OH is 11. The molecule has 0 aromatic carbocycles. The second kappa shape index (κ2) is 57.6.